The van der Waals surface area contributed by atoms with Gasteiger partial charge in [0.05, 0.1) is 11.1 Å². The fourth-order valence-corrected chi connectivity index (χ4v) is 3.87. The molecule has 1 fully saturated rings. The third-order valence-electron chi connectivity index (χ3n) is 4.15. The van der Waals surface area contributed by atoms with Crippen LogP contribution in [-0.2, 0) is 0 Å². The molecule has 0 N–H and O–H groups in total. The van der Waals surface area contributed by atoms with E-state index >= 15 is 0 Å². The second kappa shape index (κ2) is 7.13. The van der Waals surface area contributed by atoms with Crippen LogP contribution < -0.4 is 0 Å². The predicted molar refractivity (Wildman–Crippen MR) is 92.2 cm³/mol. The molecular formula is C18H21N3S. The lowest BCUT2D eigenvalue weighted by atomic mass is 10.1. The van der Waals surface area contributed by atoms with Crippen LogP contribution in [-0.4, -0.2) is 35.3 Å². The number of rotatable bonds is 4. The number of aromatic nitrogens is 1. The van der Waals surface area contributed by atoms with Crippen LogP contribution in [0.1, 0.15) is 30.4 Å². The minimum Gasteiger partial charge on any atom is -0.303 e. The molecule has 4 heteroatoms. The van der Waals surface area contributed by atoms with Crippen LogP contribution in [0.5, 0.6) is 0 Å². The van der Waals surface area contributed by atoms with Gasteiger partial charge in [0, 0.05) is 17.7 Å². The van der Waals surface area contributed by atoms with E-state index in [2.05, 4.69) is 30.0 Å². The molecule has 22 heavy (non-hydrogen) atoms. The molecule has 0 aliphatic carbocycles. The number of fused-ring (bicyclic) bond motifs is 1. The van der Waals surface area contributed by atoms with Gasteiger partial charge in [-0.15, -0.1) is 11.8 Å². The summed E-state index contributed by atoms with van der Waals surface area (Å²) >= 11 is 1.71. The van der Waals surface area contributed by atoms with Crippen LogP contribution in [0.3, 0.4) is 0 Å². The number of benzene rings is 1. The van der Waals surface area contributed by atoms with E-state index < -0.39 is 0 Å². The molecule has 1 aliphatic heterocycles. The normalized spacial score (nSPS) is 15.8. The molecule has 1 aromatic carbocycles. The first-order valence-corrected chi connectivity index (χ1v) is 8.91. The van der Waals surface area contributed by atoms with E-state index in [4.69, 9.17) is 4.98 Å². The highest BCUT2D eigenvalue weighted by Gasteiger charge is 2.11. The monoisotopic (exact) mass is 311 g/mol. The highest BCUT2D eigenvalue weighted by atomic mass is 32.2. The average molecular weight is 311 g/mol. The minimum atomic E-state index is 0.694. The van der Waals surface area contributed by atoms with Gasteiger partial charge in [-0.25, -0.2) is 4.98 Å². The van der Waals surface area contributed by atoms with Gasteiger partial charge in [0.25, 0.3) is 0 Å². The molecule has 0 amide bonds. The Bertz CT molecular complexity index is 699. The standard InChI is InChI=1S/C18H21N3S/c1-14-5-6-15-12-16(13-19)18(20-17(15)11-14)22-10-9-21-7-3-2-4-8-21/h5-6,11-12H,2-4,7-10H2,1H3. The van der Waals surface area contributed by atoms with Crippen molar-refractivity contribution in [1.29, 1.82) is 5.26 Å². The van der Waals surface area contributed by atoms with Gasteiger partial charge in [-0.05, 0) is 50.6 Å². The van der Waals surface area contributed by atoms with Crippen molar-refractivity contribution in [1.82, 2.24) is 9.88 Å². The third-order valence-corrected chi connectivity index (χ3v) is 5.12. The fraction of sp³-hybridized carbons (Fsp3) is 0.444. The molecule has 1 aromatic heterocycles. The highest BCUT2D eigenvalue weighted by molar-refractivity contribution is 7.99. The molecule has 1 aliphatic rings. The Morgan fingerprint density at radius 2 is 2.05 bits per heavy atom. The van der Waals surface area contributed by atoms with Crippen molar-refractivity contribution in [2.45, 2.75) is 31.2 Å². The van der Waals surface area contributed by atoms with Crippen molar-refractivity contribution in [2.24, 2.45) is 0 Å². The predicted octanol–water partition coefficient (Wildman–Crippen LogP) is 3.99. The van der Waals surface area contributed by atoms with Crippen molar-refractivity contribution < 1.29 is 0 Å². The Kier molecular flexibility index (Phi) is 4.97. The largest absolute Gasteiger partial charge is 0.303 e. The molecule has 3 nitrogen and oxygen atoms in total. The molecule has 3 rings (SSSR count). The summed E-state index contributed by atoms with van der Waals surface area (Å²) < 4.78 is 0. The lowest BCUT2D eigenvalue weighted by molar-refractivity contribution is 0.242. The third kappa shape index (κ3) is 3.60. The van der Waals surface area contributed by atoms with Gasteiger partial charge in [0.15, 0.2) is 0 Å². The summed E-state index contributed by atoms with van der Waals surface area (Å²) in [5.41, 5.74) is 2.88. The first-order chi connectivity index (χ1) is 10.8. The number of hydrogen-bond acceptors (Lipinski definition) is 4. The number of hydrogen-bond donors (Lipinski definition) is 0. The fourth-order valence-electron chi connectivity index (χ4n) is 2.90. The SMILES string of the molecule is Cc1ccc2cc(C#N)c(SCCN3CCCCC3)nc2c1. The second-order valence-electron chi connectivity index (χ2n) is 5.90. The molecule has 0 unspecified atom stereocenters. The van der Waals surface area contributed by atoms with E-state index in [9.17, 15) is 5.26 Å². The summed E-state index contributed by atoms with van der Waals surface area (Å²) in [4.78, 5) is 7.23. The van der Waals surface area contributed by atoms with Gasteiger partial charge in [-0.3, -0.25) is 0 Å². The molecule has 0 bridgehead atoms. The number of nitrogens with zero attached hydrogens (tertiary/aromatic N) is 3. The van der Waals surface area contributed by atoms with Crippen molar-refractivity contribution in [3.05, 3.63) is 35.4 Å². The molecule has 1 saturated heterocycles. The number of piperidine rings is 1. The molecule has 0 saturated carbocycles. The molecule has 2 heterocycles. The molecular weight excluding hydrogens is 290 g/mol. The van der Waals surface area contributed by atoms with E-state index in [0.717, 1.165) is 28.2 Å². The quantitative estimate of drug-likeness (QED) is 0.800. The maximum Gasteiger partial charge on any atom is 0.115 e. The van der Waals surface area contributed by atoms with Gasteiger partial charge in [-0.1, -0.05) is 18.6 Å². The van der Waals surface area contributed by atoms with E-state index in [1.807, 2.05) is 12.1 Å². The topological polar surface area (TPSA) is 39.9 Å². The lowest BCUT2D eigenvalue weighted by Crippen LogP contribution is -2.31. The second-order valence-corrected chi connectivity index (χ2v) is 6.98. The first-order valence-electron chi connectivity index (χ1n) is 7.93. The van der Waals surface area contributed by atoms with Crippen molar-refractivity contribution >= 4 is 22.7 Å². The first kappa shape index (κ1) is 15.3. The van der Waals surface area contributed by atoms with Crippen molar-refractivity contribution in [3.8, 4) is 6.07 Å². The van der Waals surface area contributed by atoms with Crippen LogP contribution in [0.2, 0.25) is 0 Å². The van der Waals surface area contributed by atoms with E-state index in [1.54, 1.807) is 11.8 Å². The van der Waals surface area contributed by atoms with E-state index in [-0.39, 0.29) is 0 Å². The average Bonchev–Trinajstić information content (AvgIpc) is 2.55. The number of likely N-dealkylation sites (tertiary alicyclic amines) is 1. The zero-order valence-electron chi connectivity index (χ0n) is 13.0. The lowest BCUT2D eigenvalue weighted by Gasteiger charge is -2.26. The van der Waals surface area contributed by atoms with E-state index in [1.165, 1.54) is 37.9 Å². The van der Waals surface area contributed by atoms with Gasteiger partial charge < -0.3 is 4.90 Å². The smallest absolute Gasteiger partial charge is 0.115 e. The number of nitriles is 1. The van der Waals surface area contributed by atoms with Crippen LogP contribution in [0.25, 0.3) is 10.9 Å². The summed E-state index contributed by atoms with van der Waals surface area (Å²) in [5, 5.41) is 11.3. The summed E-state index contributed by atoms with van der Waals surface area (Å²) in [7, 11) is 0. The minimum absolute atomic E-state index is 0.694. The van der Waals surface area contributed by atoms with Gasteiger partial charge in [0.2, 0.25) is 0 Å². The Morgan fingerprint density at radius 1 is 1.23 bits per heavy atom. The molecule has 0 spiro atoms. The number of pyridine rings is 1. The van der Waals surface area contributed by atoms with Crippen molar-refractivity contribution in [2.75, 3.05) is 25.4 Å². The summed E-state index contributed by atoms with van der Waals surface area (Å²) in [6.45, 7) is 5.59. The maximum atomic E-state index is 9.37. The zero-order chi connectivity index (χ0) is 15.4. The number of thioether (sulfide) groups is 1. The van der Waals surface area contributed by atoms with Crippen LogP contribution in [0, 0.1) is 18.3 Å². The summed E-state index contributed by atoms with van der Waals surface area (Å²) in [6, 6.07) is 10.5. The molecule has 2 aromatic rings. The van der Waals surface area contributed by atoms with Crippen LogP contribution >= 0.6 is 11.8 Å². The van der Waals surface area contributed by atoms with Crippen LogP contribution in [0.15, 0.2) is 29.3 Å². The van der Waals surface area contributed by atoms with Gasteiger partial charge >= 0.3 is 0 Å². The summed E-state index contributed by atoms with van der Waals surface area (Å²) in [6.07, 6.45) is 4.01. The van der Waals surface area contributed by atoms with Crippen LogP contribution in [0.4, 0.5) is 0 Å². The molecule has 0 radical (unpaired) electrons. The maximum absolute atomic E-state index is 9.37. The summed E-state index contributed by atoms with van der Waals surface area (Å²) in [5.74, 6) is 0.999. The zero-order valence-corrected chi connectivity index (χ0v) is 13.8. The molecule has 0 atom stereocenters. The Labute approximate surface area is 136 Å². The Hall–Kier alpha value is -1.57. The molecule has 114 valence electrons. The van der Waals surface area contributed by atoms with Crippen molar-refractivity contribution in [3.63, 3.8) is 0 Å². The van der Waals surface area contributed by atoms with Gasteiger partial charge in [-0.2, -0.15) is 5.26 Å². The van der Waals surface area contributed by atoms with Gasteiger partial charge in [0.1, 0.15) is 11.1 Å². The Balaban J connectivity index is 1.72. The Morgan fingerprint density at radius 3 is 2.82 bits per heavy atom. The highest BCUT2D eigenvalue weighted by Crippen LogP contribution is 2.25. The van der Waals surface area contributed by atoms with E-state index in [0.29, 0.717) is 5.56 Å². The number of aryl methyl sites for hydroxylation is 1.